The van der Waals surface area contributed by atoms with Gasteiger partial charge in [-0.05, 0) is 26.3 Å². The van der Waals surface area contributed by atoms with Gasteiger partial charge < -0.3 is 15.0 Å². The van der Waals surface area contributed by atoms with Crippen molar-refractivity contribution in [3.63, 3.8) is 0 Å². The van der Waals surface area contributed by atoms with Gasteiger partial charge in [-0.3, -0.25) is 0 Å². The molecule has 0 saturated carbocycles. The molecule has 0 aliphatic carbocycles. The first-order chi connectivity index (χ1) is 9.74. The van der Waals surface area contributed by atoms with Crippen molar-refractivity contribution in [1.29, 1.82) is 0 Å². The van der Waals surface area contributed by atoms with Crippen LogP contribution in [0.5, 0.6) is 0 Å². The van der Waals surface area contributed by atoms with Gasteiger partial charge in [0.2, 0.25) is 0 Å². The molecule has 1 unspecified atom stereocenters. The maximum Gasteiger partial charge on any atom is 0.185 e. The third kappa shape index (κ3) is 4.17. The van der Waals surface area contributed by atoms with Crippen LogP contribution in [0.1, 0.15) is 44.2 Å². The molecule has 1 fully saturated rings. The Kier molecular flexibility index (Phi) is 6.26. The Balaban J connectivity index is 2.13. The summed E-state index contributed by atoms with van der Waals surface area (Å²) in [5.74, 6) is 0. The molecule has 1 aliphatic heterocycles. The molecule has 20 heavy (non-hydrogen) atoms. The third-order valence-corrected chi connectivity index (χ3v) is 4.67. The van der Waals surface area contributed by atoms with E-state index in [2.05, 4.69) is 31.0 Å². The maximum atomic E-state index is 5.73. The smallest absolute Gasteiger partial charge is 0.185 e. The number of aromatic nitrogens is 1. The predicted octanol–water partition coefficient (Wildman–Crippen LogP) is 2.82. The predicted molar refractivity (Wildman–Crippen MR) is 85.7 cm³/mol. The highest BCUT2D eigenvalue weighted by molar-refractivity contribution is 7.15. The summed E-state index contributed by atoms with van der Waals surface area (Å²) in [4.78, 5) is 8.71. The lowest BCUT2D eigenvalue weighted by molar-refractivity contribution is 0.0821. The molecule has 1 aliphatic rings. The van der Waals surface area contributed by atoms with Crippen molar-refractivity contribution in [2.45, 2.75) is 52.7 Å². The van der Waals surface area contributed by atoms with Gasteiger partial charge in [-0.1, -0.05) is 20.3 Å². The minimum atomic E-state index is 0.299. The van der Waals surface area contributed by atoms with Gasteiger partial charge in [-0.15, -0.1) is 11.3 Å². The maximum absolute atomic E-state index is 5.73. The Hall–Kier alpha value is -0.650. The second-order valence-corrected chi connectivity index (χ2v) is 6.44. The lowest BCUT2D eigenvalue weighted by atomic mass is 10.2. The zero-order valence-corrected chi connectivity index (χ0v) is 13.8. The first kappa shape index (κ1) is 15.7. The number of rotatable bonds is 6. The second kappa shape index (κ2) is 7.96. The molecular formula is C15H27N3OS. The van der Waals surface area contributed by atoms with Crippen molar-refractivity contribution >= 4 is 16.5 Å². The SMILES string of the molecule is CCCc1nc(N2CCCOC(C)C2)sc1CNCC. The van der Waals surface area contributed by atoms with Crippen LogP contribution in [0.3, 0.4) is 0 Å². The van der Waals surface area contributed by atoms with Crippen LogP contribution in [-0.2, 0) is 17.7 Å². The average Bonchev–Trinajstić information content (AvgIpc) is 2.70. The van der Waals surface area contributed by atoms with E-state index in [0.717, 1.165) is 52.0 Å². The first-order valence-corrected chi connectivity index (χ1v) is 8.62. The van der Waals surface area contributed by atoms with E-state index in [9.17, 15) is 0 Å². The number of aryl methyl sites for hydroxylation is 1. The van der Waals surface area contributed by atoms with Crippen molar-refractivity contribution in [3.05, 3.63) is 10.6 Å². The minimum absolute atomic E-state index is 0.299. The molecular weight excluding hydrogens is 270 g/mol. The van der Waals surface area contributed by atoms with Gasteiger partial charge in [0.15, 0.2) is 5.13 Å². The largest absolute Gasteiger partial charge is 0.377 e. The standard InChI is InChI=1S/C15H27N3OS/c1-4-7-13-14(10-16-5-2)20-15(17-13)18-8-6-9-19-12(3)11-18/h12,16H,4-11H2,1-3H3. The fraction of sp³-hybridized carbons (Fsp3) is 0.800. The van der Waals surface area contributed by atoms with Crippen LogP contribution in [0.15, 0.2) is 0 Å². The van der Waals surface area contributed by atoms with Gasteiger partial charge in [-0.25, -0.2) is 4.98 Å². The van der Waals surface area contributed by atoms with E-state index in [0.29, 0.717) is 6.10 Å². The lowest BCUT2D eigenvalue weighted by Gasteiger charge is -2.20. The zero-order chi connectivity index (χ0) is 14.4. The Morgan fingerprint density at radius 2 is 2.30 bits per heavy atom. The molecule has 114 valence electrons. The minimum Gasteiger partial charge on any atom is -0.377 e. The van der Waals surface area contributed by atoms with Crippen molar-refractivity contribution in [2.75, 3.05) is 31.1 Å². The Morgan fingerprint density at radius 1 is 1.45 bits per heavy atom. The number of hydrogen-bond donors (Lipinski definition) is 1. The van der Waals surface area contributed by atoms with E-state index >= 15 is 0 Å². The van der Waals surface area contributed by atoms with Crippen LogP contribution in [0.2, 0.25) is 0 Å². The summed E-state index contributed by atoms with van der Waals surface area (Å²) in [5, 5.41) is 4.61. The molecule has 0 amide bonds. The van der Waals surface area contributed by atoms with E-state index in [4.69, 9.17) is 9.72 Å². The van der Waals surface area contributed by atoms with Gasteiger partial charge in [0, 0.05) is 31.1 Å². The molecule has 0 bridgehead atoms. The third-order valence-electron chi connectivity index (χ3n) is 3.51. The highest BCUT2D eigenvalue weighted by Gasteiger charge is 2.20. The van der Waals surface area contributed by atoms with Gasteiger partial charge >= 0.3 is 0 Å². The molecule has 1 atom stereocenters. The molecule has 5 heteroatoms. The fourth-order valence-corrected chi connectivity index (χ4v) is 3.59. The van der Waals surface area contributed by atoms with E-state index in [1.54, 1.807) is 0 Å². The van der Waals surface area contributed by atoms with Crippen molar-refractivity contribution in [2.24, 2.45) is 0 Å². The molecule has 1 aromatic rings. The Morgan fingerprint density at radius 3 is 3.05 bits per heavy atom. The summed E-state index contributed by atoms with van der Waals surface area (Å²) >= 11 is 1.85. The number of nitrogens with one attached hydrogen (secondary N) is 1. The monoisotopic (exact) mass is 297 g/mol. The topological polar surface area (TPSA) is 37.4 Å². The van der Waals surface area contributed by atoms with Gasteiger partial charge in [-0.2, -0.15) is 0 Å². The fourth-order valence-electron chi connectivity index (χ4n) is 2.48. The van der Waals surface area contributed by atoms with E-state index in [-0.39, 0.29) is 0 Å². The van der Waals surface area contributed by atoms with Crippen LogP contribution >= 0.6 is 11.3 Å². The summed E-state index contributed by atoms with van der Waals surface area (Å²) in [6.45, 7) is 11.4. The molecule has 1 saturated heterocycles. The van der Waals surface area contributed by atoms with Crippen molar-refractivity contribution in [1.82, 2.24) is 10.3 Å². The summed E-state index contributed by atoms with van der Waals surface area (Å²) in [5.41, 5.74) is 1.28. The molecule has 0 aromatic carbocycles. The van der Waals surface area contributed by atoms with Gasteiger partial charge in [0.25, 0.3) is 0 Å². The van der Waals surface area contributed by atoms with Crippen molar-refractivity contribution in [3.8, 4) is 0 Å². The molecule has 1 N–H and O–H groups in total. The number of ether oxygens (including phenoxy) is 1. The average molecular weight is 297 g/mol. The summed E-state index contributed by atoms with van der Waals surface area (Å²) in [6, 6.07) is 0. The molecule has 1 aromatic heterocycles. The zero-order valence-electron chi connectivity index (χ0n) is 12.9. The van der Waals surface area contributed by atoms with Crippen LogP contribution < -0.4 is 10.2 Å². The van der Waals surface area contributed by atoms with Crippen molar-refractivity contribution < 1.29 is 4.74 Å². The lowest BCUT2D eigenvalue weighted by Crippen LogP contribution is -2.29. The summed E-state index contributed by atoms with van der Waals surface area (Å²) < 4.78 is 5.73. The number of thiazole rings is 1. The van der Waals surface area contributed by atoms with Crippen LogP contribution in [0.4, 0.5) is 5.13 Å². The van der Waals surface area contributed by atoms with E-state index in [1.807, 2.05) is 11.3 Å². The highest BCUT2D eigenvalue weighted by Crippen LogP contribution is 2.28. The van der Waals surface area contributed by atoms with Crippen LogP contribution in [-0.4, -0.2) is 37.3 Å². The molecule has 0 spiro atoms. The summed E-state index contributed by atoms with van der Waals surface area (Å²) in [6.07, 6.45) is 3.63. The Labute approximate surface area is 126 Å². The number of anilines is 1. The van der Waals surface area contributed by atoms with Gasteiger partial charge in [0.1, 0.15) is 0 Å². The van der Waals surface area contributed by atoms with Crippen LogP contribution in [0, 0.1) is 0 Å². The summed E-state index contributed by atoms with van der Waals surface area (Å²) in [7, 11) is 0. The first-order valence-electron chi connectivity index (χ1n) is 7.80. The molecule has 0 radical (unpaired) electrons. The highest BCUT2D eigenvalue weighted by atomic mass is 32.1. The quantitative estimate of drug-likeness (QED) is 0.876. The van der Waals surface area contributed by atoms with E-state index < -0.39 is 0 Å². The molecule has 4 nitrogen and oxygen atoms in total. The Bertz CT molecular complexity index is 408. The molecule has 2 heterocycles. The van der Waals surface area contributed by atoms with E-state index in [1.165, 1.54) is 15.7 Å². The van der Waals surface area contributed by atoms with Gasteiger partial charge in [0.05, 0.1) is 11.8 Å². The second-order valence-electron chi connectivity index (χ2n) is 5.38. The normalized spacial score (nSPS) is 20.1. The number of nitrogens with zero attached hydrogens (tertiary/aromatic N) is 2. The number of hydrogen-bond acceptors (Lipinski definition) is 5. The van der Waals surface area contributed by atoms with Crippen LogP contribution in [0.25, 0.3) is 0 Å². The molecule has 2 rings (SSSR count).